The van der Waals surface area contributed by atoms with Crippen LogP contribution >= 0.6 is 0 Å². The number of aromatic nitrogens is 4. The van der Waals surface area contributed by atoms with Gasteiger partial charge in [0.2, 0.25) is 0 Å². The number of nitrogens with zero attached hydrogens (tertiary/aromatic N) is 4. The molecule has 9 nitrogen and oxygen atoms in total. The van der Waals surface area contributed by atoms with Gasteiger partial charge in [-0.05, 0) is 64.4 Å². The Hall–Kier alpha value is -3.54. The summed E-state index contributed by atoms with van der Waals surface area (Å²) in [5, 5.41) is 20.4. The quantitative estimate of drug-likeness (QED) is 0.312. The van der Waals surface area contributed by atoms with Crippen LogP contribution < -0.4 is 5.32 Å². The fourth-order valence-corrected chi connectivity index (χ4v) is 4.72. The van der Waals surface area contributed by atoms with Gasteiger partial charge in [0.1, 0.15) is 11.5 Å². The molecule has 2 N–H and O–H groups in total. The van der Waals surface area contributed by atoms with E-state index in [-0.39, 0.29) is 23.7 Å². The first-order chi connectivity index (χ1) is 17.8. The first-order valence-corrected chi connectivity index (χ1v) is 13.6. The Morgan fingerprint density at radius 1 is 1.11 bits per heavy atom. The maximum absolute atomic E-state index is 14.9. The number of nitrogens with one attached hydrogen (secondary N) is 1. The Balaban J connectivity index is 0.00000420. The van der Waals surface area contributed by atoms with Crippen molar-refractivity contribution < 1.29 is 23.8 Å². The second-order valence-corrected chi connectivity index (χ2v) is 12.5. The monoisotopic (exact) mass is 541 g/mol. The summed E-state index contributed by atoms with van der Waals surface area (Å²) in [7, 11) is -3.39. The molecule has 202 valence electrons. The van der Waals surface area contributed by atoms with E-state index in [0.29, 0.717) is 41.3 Å². The topological polar surface area (TPSA) is 131 Å². The average molecular weight is 542 g/mol. The van der Waals surface area contributed by atoms with E-state index in [2.05, 4.69) is 25.5 Å². The van der Waals surface area contributed by atoms with E-state index in [1.807, 2.05) is 0 Å². The Bertz CT molecular complexity index is 1550. The molecule has 11 heteroatoms. The maximum atomic E-state index is 14.9. The van der Waals surface area contributed by atoms with Crippen molar-refractivity contribution in [3.05, 3.63) is 65.7 Å². The first-order valence-electron chi connectivity index (χ1n) is 12.1. The molecule has 0 fully saturated rings. The number of sulfone groups is 1. The lowest BCUT2D eigenvalue weighted by Crippen LogP contribution is -2.34. The molecule has 2 aromatic carbocycles. The summed E-state index contributed by atoms with van der Waals surface area (Å²) in [5.74, 6) is -0.430. The van der Waals surface area contributed by atoms with Crippen molar-refractivity contribution in [2.45, 2.75) is 56.9 Å². The minimum atomic E-state index is -3.39. The lowest BCUT2D eigenvalue weighted by atomic mass is 10.1. The van der Waals surface area contributed by atoms with E-state index in [1.54, 1.807) is 77.2 Å². The molecule has 0 atom stereocenters. The Kier molecular flexibility index (Phi) is 7.73. The first kappa shape index (κ1) is 27.5. The molecule has 38 heavy (non-hydrogen) atoms. The van der Waals surface area contributed by atoms with Crippen LogP contribution in [0.5, 0.6) is 0 Å². The number of benzene rings is 2. The summed E-state index contributed by atoms with van der Waals surface area (Å²) in [4.78, 5) is 9.22. The predicted molar refractivity (Wildman–Crippen MR) is 143 cm³/mol. The Morgan fingerprint density at radius 3 is 2.42 bits per heavy atom. The third kappa shape index (κ3) is 6.12. The van der Waals surface area contributed by atoms with Crippen molar-refractivity contribution in [1.29, 1.82) is 0 Å². The standard InChI is InChI=1S/C27H30FN5O4S.H2/c1-16(2)38(35,36)20-9-7-19(8-10-20)23-14-30-17(3)24(31-23)26-33-32-25(37-26)21-11-6-18(12-22(21)28)13-29-15-27(4,5)34;/h6-12,14,16,29,34H,13,15H2,1-5H3;1H. The zero-order valence-corrected chi connectivity index (χ0v) is 22.7. The molecule has 0 aliphatic heterocycles. The summed E-state index contributed by atoms with van der Waals surface area (Å²) < 4.78 is 45.5. The highest BCUT2D eigenvalue weighted by molar-refractivity contribution is 7.92. The Labute approximate surface area is 222 Å². The second kappa shape index (κ2) is 10.7. The number of aliphatic hydroxyl groups is 1. The number of halogens is 1. The SMILES string of the molecule is Cc1ncc(-c2ccc(S(=O)(=O)C(C)C)cc2)nc1-c1nnc(-c2ccc(CNCC(C)(C)O)cc2F)o1.[HH]. The van der Waals surface area contributed by atoms with Crippen molar-refractivity contribution in [1.82, 2.24) is 25.5 Å². The van der Waals surface area contributed by atoms with Gasteiger partial charge in [0, 0.05) is 20.1 Å². The molecule has 4 aromatic rings. The van der Waals surface area contributed by atoms with Crippen molar-refractivity contribution in [2.75, 3.05) is 6.54 Å². The van der Waals surface area contributed by atoms with Gasteiger partial charge >= 0.3 is 0 Å². The summed E-state index contributed by atoms with van der Waals surface area (Å²) in [6.07, 6.45) is 1.58. The molecule has 0 unspecified atom stereocenters. The smallest absolute Gasteiger partial charge is 0.268 e. The van der Waals surface area contributed by atoms with Crippen LogP contribution in [0.1, 0.15) is 40.4 Å². The molecule has 0 aliphatic carbocycles. The predicted octanol–water partition coefficient (Wildman–Crippen LogP) is 4.60. The fraction of sp³-hybridized carbons (Fsp3) is 0.333. The minimum absolute atomic E-state index is 0. The molecule has 0 saturated carbocycles. The fourth-order valence-electron chi connectivity index (χ4n) is 3.66. The third-order valence-corrected chi connectivity index (χ3v) is 8.00. The van der Waals surface area contributed by atoms with Crippen molar-refractivity contribution in [3.63, 3.8) is 0 Å². The van der Waals surface area contributed by atoms with Gasteiger partial charge in [0.05, 0.1) is 38.9 Å². The van der Waals surface area contributed by atoms with Gasteiger partial charge in [0.25, 0.3) is 11.8 Å². The minimum Gasteiger partial charge on any atom is -0.414 e. The zero-order chi connectivity index (χ0) is 27.7. The highest BCUT2D eigenvalue weighted by Gasteiger charge is 2.21. The molecule has 0 radical (unpaired) electrons. The molecule has 0 bridgehead atoms. The number of hydrogen-bond donors (Lipinski definition) is 2. The van der Waals surface area contributed by atoms with Crippen LogP contribution in [0.25, 0.3) is 34.3 Å². The molecule has 0 amide bonds. The van der Waals surface area contributed by atoms with Gasteiger partial charge < -0.3 is 14.8 Å². The van der Waals surface area contributed by atoms with Crippen molar-refractivity contribution in [2.24, 2.45) is 0 Å². The summed E-state index contributed by atoms with van der Waals surface area (Å²) in [5.41, 5.74) is 2.03. The lowest BCUT2D eigenvalue weighted by Gasteiger charge is -2.17. The second-order valence-electron chi connectivity index (χ2n) is 9.95. The van der Waals surface area contributed by atoms with Crippen LogP contribution in [-0.4, -0.2) is 51.1 Å². The largest absolute Gasteiger partial charge is 0.414 e. The van der Waals surface area contributed by atoms with Gasteiger partial charge in [-0.3, -0.25) is 4.98 Å². The normalized spacial score (nSPS) is 12.3. The highest BCUT2D eigenvalue weighted by Crippen LogP contribution is 2.29. The van der Waals surface area contributed by atoms with Gasteiger partial charge in [-0.2, -0.15) is 0 Å². The van der Waals surface area contributed by atoms with Crippen molar-refractivity contribution >= 4 is 9.84 Å². The number of rotatable bonds is 9. The van der Waals surface area contributed by atoms with E-state index < -0.39 is 26.5 Å². The van der Waals surface area contributed by atoms with E-state index in [0.717, 1.165) is 0 Å². The van der Waals surface area contributed by atoms with Crippen LogP contribution in [0.4, 0.5) is 4.39 Å². The van der Waals surface area contributed by atoms with Crippen LogP contribution in [0.2, 0.25) is 0 Å². The van der Waals surface area contributed by atoms with Crippen LogP contribution in [-0.2, 0) is 16.4 Å². The third-order valence-electron chi connectivity index (χ3n) is 5.83. The molecule has 4 rings (SSSR count). The van der Waals surface area contributed by atoms with Crippen LogP contribution in [0.15, 0.2) is 58.0 Å². The molecule has 0 aliphatic rings. The zero-order valence-electron chi connectivity index (χ0n) is 21.9. The van der Waals surface area contributed by atoms with E-state index in [4.69, 9.17) is 4.42 Å². The number of hydrogen-bond acceptors (Lipinski definition) is 9. The average Bonchev–Trinajstić information content (AvgIpc) is 3.33. The highest BCUT2D eigenvalue weighted by atomic mass is 32.2. The van der Waals surface area contributed by atoms with Crippen LogP contribution in [0.3, 0.4) is 0 Å². The van der Waals surface area contributed by atoms with Crippen LogP contribution in [0, 0.1) is 12.7 Å². The Morgan fingerprint density at radius 2 is 1.79 bits per heavy atom. The lowest BCUT2D eigenvalue weighted by molar-refractivity contribution is 0.0795. The van der Waals surface area contributed by atoms with E-state index in [9.17, 15) is 17.9 Å². The van der Waals surface area contributed by atoms with Gasteiger partial charge in [-0.1, -0.05) is 18.2 Å². The van der Waals surface area contributed by atoms with Gasteiger partial charge in [0.15, 0.2) is 9.84 Å². The van der Waals surface area contributed by atoms with Gasteiger partial charge in [-0.25, -0.2) is 17.8 Å². The molecular formula is C27H32FN5O4S. The van der Waals surface area contributed by atoms with E-state index >= 15 is 0 Å². The molecule has 0 spiro atoms. The summed E-state index contributed by atoms with van der Waals surface area (Å²) >= 11 is 0. The number of aryl methyl sites for hydroxylation is 1. The maximum Gasteiger partial charge on any atom is 0.268 e. The molecular weight excluding hydrogens is 509 g/mol. The van der Waals surface area contributed by atoms with Crippen molar-refractivity contribution in [3.8, 4) is 34.3 Å². The molecule has 2 aromatic heterocycles. The summed E-state index contributed by atoms with van der Waals surface area (Å²) in [6, 6.07) is 11.1. The molecule has 0 saturated heterocycles. The van der Waals surface area contributed by atoms with E-state index in [1.165, 1.54) is 6.07 Å². The van der Waals surface area contributed by atoms with Gasteiger partial charge in [-0.15, -0.1) is 10.2 Å². The molecule has 2 heterocycles. The summed E-state index contributed by atoms with van der Waals surface area (Å²) in [6.45, 7) is 9.15.